The van der Waals surface area contributed by atoms with Crippen LogP contribution in [0.5, 0.6) is 5.75 Å². The molecule has 3 aromatic carbocycles. The van der Waals surface area contributed by atoms with Gasteiger partial charge in [-0.25, -0.2) is 4.79 Å². The van der Waals surface area contributed by atoms with Gasteiger partial charge in [0.2, 0.25) is 0 Å². The Bertz CT molecular complexity index is 897. The number of rotatable bonds is 9. The molecule has 0 aliphatic carbocycles. The van der Waals surface area contributed by atoms with Crippen molar-refractivity contribution >= 4 is 5.97 Å². The van der Waals surface area contributed by atoms with Crippen molar-refractivity contribution in [1.29, 1.82) is 0 Å². The molecule has 0 aliphatic heterocycles. The van der Waals surface area contributed by atoms with Gasteiger partial charge in [0.1, 0.15) is 12.4 Å². The molecular weight excluding hydrogens is 364 g/mol. The quantitative estimate of drug-likeness (QED) is 0.352. The van der Waals surface area contributed by atoms with Gasteiger partial charge in [-0.2, -0.15) is 0 Å². The minimum atomic E-state index is -0.338. The maximum Gasteiger partial charge on any atom is 0.338 e. The Morgan fingerprint density at radius 1 is 0.690 bits per heavy atom. The van der Waals surface area contributed by atoms with Gasteiger partial charge in [-0.05, 0) is 52.9 Å². The average Bonchev–Trinajstić information content (AvgIpc) is 2.78. The molecule has 0 amide bonds. The molecule has 0 aliphatic rings. The normalized spacial score (nSPS) is 10.6. The summed E-state index contributed by atoms with van der Waals surface area (Å²) in [5, 5.41) is 0. The molecule has 0 aromatic heterocycles. The van der Waals surface area contributed by atoms with E-state index in [9.17, 15) is 4.79 Å². The van der Waals surface area contributed by atoms with E-state index < -0.39 is 0 Å². The Hall–Kier alpha value is -3.11. The van der Waals surface area contributed by atoms with E-state index >= 15 is 0 Å². The number of methoxy groups -OCH3 is 1. The van der Waals surface area contributed by atoms with Gasteiger partial charge >= 0.3 is 5.97 Å². The lowest BCUT2D eigenvalue weighted by atomic mass is 9.99. The van der Waals surface area contributed by atoms with Crippen LogP contribution in [0.1, 0.15) is 23.7 Å². The fourth-order valence-electron chi connectivity index (χ4n) is 2.92. The summed E-state index contributed by atoms with van der Waals surface area (Å²) < 4.78 is 15.7. The van der Waals surface area contributed by atoms with Crippen LogP contribution in [0.25, 0.3) is 22.3 Å². The lowest BCUT2D eigenvalue weighted by Gasteiger charge is -2.08. The first-order chi connectivity index (χ1) is 14.2. The van der Waals surface area contributed by atoms with Crippen molar-refractivity contribution in [2.24, 2.45) is 0 Å². The Morgan fingerprint density at radius 2 is 1.17 bits per heavy atom. The lowest BCUT2D eigenvalue weighted by Crippen LogP contribution is -2.09. The highest BCUT2D eigenvalue weighted by Gasteiger charge is 2.07. The van der Waals surface area contributed by atoms with E-state index in [1.807, 2.05) is 24.3 Å². The van der Waals surface area contributed by atoms with Gasteiger partial charge < -0.3 is 14.2 Å². The molecule has 29 heavy (non-hydrogen) atoms. The molecule has 4 nitrogen and oxygen atoms in total. The summed E-state index contributed by atoms with van der Waals surface area (Å²) in [5.74, 6) is 0.559. The maximum atomic E-state index is 12.0. The zero-order valence-corrected chi connectivity index (χ0v) is 16.9. The molecule has 0 radical (unpaired) electrons. The highest BCUT2D eigenvalue weighted by atomic mass is 16.6. The topological polar surface area (TPSA) is 44.8 Å². The first-order valence-corrected chi connectivity index (χ1v) is 9.81. The van der Waals surface area contributed by atoms with E-state index in [0.717, 1.165) is 41.0 Å². The zero-order valence-electron chi connectivity index (χ0n) is 16.9. The summed E-state index contributed by atoms with van der Waals surface area (Å²) >= 11 is 0. The number of esters is 1. The Morgan fingerprint density at radius 3 is 1.66 bits per heavy atom. The minimum absolute atomic E-state index is 0.254. The van der Waals surface area contributed by atoms with E-state index in [1.54, 1.807) is 19.2 Å². The molecular formula is C25H26O4. The summed E-state index contributed by atoms with van der Waals surface area (Å²) in [6.07, 6.45) is 0.999. The van der Waals surface area contributed by atoms with Crippen molar-refractivity contribution in [1.82, 2.24) is 0 Å². The van der Waals surface area contributed by atoms with E-state index in [1.165, 1.54) is 0 Å². The molecule has 0 spiro atoms. The third-order valence-electron chi connectivity index (χ3n) is 4.52. The van der Waals surface area contributed by atoms with Crippen LogP contribution >= 0.6 is 0 Å². The van der Waals surface area contributed by atoms with Crippen molar-refractivity contribution in [2.75, 3.05) is 26.9 Å². The van der Waals surface area contributed by atoms with Crippen LogP contribution in [0, 0.1) is 0 Å². The third-order valence-corrected chi connectivity index (χ3v) is 4.52. The van der Waals surface area contributed by atoms with Crippen LogP contribution in [-0.2, 0) is 9.47 Å². The molecule has 0 fully saturated rings. The standard InChI is InChI=1S/C25H26O4/c1-3-16-28-24-14-12-22(13-15-24)20-6-4-19(5-7-20)21-8-10-23(11-9-21)25(26)29-18-17-27-2/h4-15H,3,16-18H2,1-2H3. The van der Waals surface area contributed by atoms with Crippen LogP contribution in [0.2, 0.25) is 0 Å². The first-order valence-electron chi connectivity index (χ1n) is 9.81. The van der Waals surface area contributed by atoms with Crippen LogP contribution < -0.4 is 4.74 Å². The number of benzene rings is 3. The third kappa shape index (κ3) is 5.69. The summed E-state index contributed by atoms with van der Waals surface area (Å²) in [4.78, 5) is 12.0. The molecule has 150 valence electrons. The van der Waals surface area contributed by atoms with E-state index in [2.05, 4.69) is 43.3 Å². The minimum Gasteiger partial charge on any atom is -0.494 e. The van der Waals surface area contributed by atoms with Crippen molar-refractivity contribution in [2.45, 2.75) is 13.3 Å². The van der Waals surface area contributed by atoms with Crippen LogP contribution in [0.3, 0.4) is 0 Å². The summed E-state index contributed by atoms with van der Waals surface area (Å²) in [7, 11) is 1.57. The summed E-state index contributed by atoms with van der Waals surface area (Å²) in [5.41, 5.74) is 4.97. The molecule has 4 heteroatoms. The molecule has 3 rings (SSSR count). The van der Waals surface area contributed by atoms with Gasteiger partial charge in [-0.3, -0.25) is 0 Å². The average molecular weight is 390 g/mol. The Labute approximate surface area is 172 Å². The molecule has 0 saturated carbocycles. The molecule has 0 atom stereocenters. The summed E-state index contributed by atoms with van der Waals surface area (Å²) in [6.45, 7) is 3.48. The maximum absolute atomic E-state index is 12.0. The molecule has 0 unspecified atom stereocenters. The van der Waals surface area contributed by atoms with E-state index in [4.69, 9.17) is 14.2 Å². The molecule has 3 aromatic rings. The fraction of sp³-hybridized carbons (Fsp3) is 0.240. The number of hydrogen-bond donors (Lipinski definition) is 0. The second-order valence-corrected chi connectivity index (χ2v) is 6.66. The molecule has 0 saturated heterocycles. The van der Waals surface area contributed by atoms with Gasteiger partial charge in [0.15, 0.2) is 0 Å². The lowest BCUT2D eigenvalue weighted by molar-refractivity contribution is 0.0388. The number of hydrogen-bond acceptors (Lipinski definition) is 4. The predicted molar refractivity (Wildman–Crippen MR) is 115 cm³/mol. The predicted octanol–water partition coefficient (Wildman–Crippen LogP) is 5.61. The summed E-state index contributed by atoms with van der Waals surface area (Å²) in [6, 6.07) is 24.0. The van der Waals surface area contributed by atoms with Gasteiger partial charge in [0, 0.05) is 7.11 Å². The van der Waals surface area contributed by atoms with E-state index in [0.29, 0.717) is 12.2 Å². The van der Waals surface area contributed by atoms with Gasteiger partial charge in [-0.1, -0.05) is 55.5 Å². The number of ether oxygens (including phenoxy) is 3. The van der Waals surface area contributed by atoms with Gasteiger partial charge in [0.25, 0.3) is 0 Å². The monoisotopic (exact) mass is 390 g/mol. The van der Waals surface area contributed by atoms with E-state index in [-0.39, 0.29) is 12.6 Å². The van der Waals surface area contributed by atoms with Crippen molar-refractivity contribution < 1.29 is 19.0 Å². The number of carbonyl (C=O) groups is 1. The van der Waals surface area contributed by atoms with Crippen LogP contribution in [0.15, 0.2) is 72.8 Å². The SMILES string of the molecule is CCCOc1ccc(-c2ccc(-c3ccc(C(=O)OCCOC)cc3)cc2)cc1. The second kappa shape index (κ2) is 10.4. The Balaban J connectivity index is 1.66. The molecule has 0 N–H and O–H groups in total. The highest BCUT2D eigenvalue weighted by molar-refractivity contribution is 5.90. The second-order valence-electron chi connectivity index (χ2n) is 6.66. The van der Waals surface area contributed by atoms with Crippen LogP contribution in [-0.4, -0.2) is 32.9 Å². The number of carbonyl (C=O) groups excluding carboxylic acids is 1. The van der Waals surface area contributed by atoms with Gasteiger partial charge in [-0.15, -0.1) is 0 Å². The fourth-order valence-corrected chi connectivity index (χ4v) is 2.92. The van der Waals surface area contributed by atoms with Crippen molar-refractivity contribution in [3.05, 3.63) is 78.4 Å². The van der Waals surface area contributed by atoms with Gasteiger partial charge in [0.05, 0.1) is 18.8 Å². The smallest absolute Gasteiger partial charge is 0.338 e. The highest BCUT2D eigenvalue weighted by Crippen LogP contribution is 2.26. The molecule has 0 heterocycles. The molecule has 0 bridgehead atoms. The largest absolute Gasteiger partial charge is 0.494 e. The first kappa shape index (κ1) is 20.6. The van der Waals surface area contributed by atoms with Crippen LogP contribution in [0.4, 0.5) is 0 Å². The van der Waals surface area contributed by atoms with Crippen molar-refractivity contribution in [3.63, 3.8) is 0 Å². The zero-order chi connectivity index (χ0) is 20.5. The van der Waals surface area contributed by atoms with Crippen molar-refractivity contribution in [3.8, 4) is 28.0 Å². The Kier molecular flexibility index (Phi) is 7.42.